The molecule has 1 aliphatic heterocycles. The summed E-state index contributed by atoms with van der Waals surface area (Å²) in [6.07, 6.45) is 5.31. The van der Waals surface area contributed by atoms with Gasteiger partial charge in [-0.15, -0.1) is 0 Å². The molecular weight excluding hydrogens is 384 g/mol. The zero-order chi connectivity index (χ0) is 20.8. The van der Waals surface area contributed by atoms with Crippen LogP contribution in [0.5, 0.6) is 0 Å². The highest BCUT2D eigenvalue weighted by atomic mass is 35.5. The van der Waals surface area contributed by atoms with E-state index in [0.29, 0.717) is 10.7 Å². The SMILES string of the molecule is CCN(CC)CCCN(C)C(=O)c1nc(-c2ccc(Cl)cc2)n2c1CCCCC2. The van der Waals surface area contributed by atoms with E-state index < -0.39 is 0 Å². The monoisotopic (exact) mass is 416 g/mol. The van der Waals surface area contributed by atoms with Crippen LogP contribution in [0.15, 0.2) is 24.3 Å². The van der Waals surface area contributed by atoms with Crippen LogP contribution in [0, 0.1) is 0 Å². The summed E-state index contributed by atoms with van der Waals surface area (Å²) in [4.78, 5) is 22.3. The molecule has 5 nitrogen and oxygen atoms in total. The summed E-state index contributed by atoms with van der Waals surface area (Å²) in [5.41, 5.74) is 2.73. The Bertz CT molecular complexity index is 811. The van der Waals surface area contributed by atoms with E-state index in [1.165, 1.54) is 6.42 Å². The maximum Gasteiger partial charge on any atom is 0.274 e. The lowest BCUT2D eigenvalue weighted by Crippen LogP contribution is -2.32. The number of aromatic nitrogens is 2. The van der Waals surface area contributed by atoms with Gasteiger partial charge in [-0.1, -0.05) is 31.9 Å². The minimum absolute atomic E-state index is 0.0374. The average Bonchev–Trinajstić information content (AvgIpc) is 2.92. The summed E-state index contributed by atoms with van der Waals surface area (Å²) in [5.74, 6) is 0.925. The molecule has 2 aromatic rings. The van der Waals surface area contributed by atoms with Crippen LogP contribution in [0.1, 0.15) is 55.7 Å². The molecule has 1 aliphatic rings. The second-order valence-electron chi connectivity index (χ2n) is 7.81. The van der Waals surface area contributed by atoms with Crippen LogP contribution in [0.3, 0.4) is 0 Å². The van der Waals surface area contributed by atoms with E-state index in [1.807, 2.05) is 36.2 Å². The zero-order valence-corrected chi connectivity index (χ0v) is 18.7. The van der Waals surface area contributed by atoms with Gasteiger partial charge in [0.25, 0.3) is 5.91 Å². The van der Waals surface area contributed by atoms with Gasteiger partial charge in [0.05, 0.1) is 5.69 Å². The van der Waals surface area contributed by atoms with Crippen molar-refractivity contribution in [3.63, 3.8) is 0 Å². The molecule has 2 heterocycles. The minimum atomic E-state index is 0.0374. The lowest BCUT2D eigenvalue weighted by Gasteiger charge is -2.21. The van der Waals surface area contributed by atoms with Crippen molar-refractivity contribution in [1.29, 1.82) is 0 Å². The quantitative estimate of drug-likeness (QED) is 0.624. The third kappa shape index (κ3) is 5.20. The molecule has 1 amide bonds. The third-order valence-electron chi connectivity index (χ3n) is 5.88. The van der Waals surface area contributed by atoms with Gasteiger partial charge in [-0.2, -0.15) is 0 Å². The average molecular weight is 417 g/mol. The number of benzene rings is 1. The number of nitrogens with zero attached hydrogens (tertiary/aromatic N) is 4. The van der Waals surface area contributed by atoms with Crippen molar-refractivity contribution >= 4 is 17.5 Å². The predicted molar refractivity (Wildman–Crippen MR) is 120 cm³/mol. The first-order valence-corrected chi connectivity index (χ1v) is 11.3. The molecular formula is C23H33ClN4O. The number of halogens is 1. The highest BCUT2D eigenvalue weighted by Crippen LogP contribution is 2.28. The Balaban J connectivity index is 1.82. The van der Waals surface area contributed by atoms with Gasteiger partial charge < -0.3 is 14.4 Å². The van der Waals surface area contributed by atoms with Crippen LogP contribution < -0.4 is 0 Å². The van der Waals surface area contributed by atoms with Crippen molar-refractivity contribution in [3.8, 4) is 11.4 Å². The Morgan fingerprint density at radius 1 is 1.10 bits per heavy atom. The molecule has 0 aliphatic carbocycles. The van der Waals surface area contributed by atoms with Crippen LogP contribution in [-0.2, 0) is 13.0 Å². The van der Waals surface area contributed by atoms with Gasteiger partial charge in [0.15, 0.2) is 0 Å². The fraction of sp³-hybridized carbons (Fsp3) is 0.565. The number of hydrogen-bond donors (Lipinski definition) is 0. The van der Waals surface area contributed by atoms with E-state index in [4.69, 9.17) is 16.6 Å². The second kappa shape index (κ2) is 10.3. The smallest absolute Gasteiger partial charge is 0.274 e. The highest BCUT2D eigenvalue weighted by Gasteiger charge is 2.26. The number of fused-ring (bicyclic) bond motifs is 1. The molecule has 3 rings (SSSR count). The number of hydrogen-bond acceptors (Lipinski definition) is 3. The Kier molecular flexibility index (Phi) is 7.73. The fourth-order valence-electron chi connectivity index (χ4n) is 4.06. The van der Waals surface area contributed by atoms with Gasteiger partial charge in [0.2, 0.25) is 0 Å². The van der Waals surface area contributed by atoms with Gasteiger partial charge >= 0.3 is 0 Å². The van der Waals surface area contributed by atoms with E-state index >= 15 is 0 Å². The molecule has 0 atom stereocenters. The predicted octanol–water partition coefficient (Wildman–Crippen LogP) is 4.73. The summed E-state index contributed by atoms with van der Waals surface area (Å²) in [7, 11) is 1.90. The largest absolute Gasteiger partial charge is 0.340 e. The van der Waals surface area contributed by atoms with Crippen LogP contribution in [0.2, 0.25) is 5.02 Å². The molecule has 6 heteroatoms. The molecule has 0 N–H and O–H groups in total. The van der Waals surface area contributed by atoms with Gasteiger partial charge in [0, 0.05) is 30.7 Å². The van der Waals surface area contributed by atoms with Crippen LogP contribution in [0.25, 0.3) is 11.4 Å². The lowest BCUT2D eigenvalue weighted by molar-refractivity contribution is 0.0782. The maximum atomic E-state index is 13.3. The minimum Gasteiger partial charge on any atom is -0.340 e. The summed E-state index contributed by atoms with van der Waals surface area (Å²) in [6.45, 7) is 9.13. The first-order chi connectivity index (χ1) is 14.0. The summed E-state index contributed by atoms with van der Waals surface area (Å²) in [6, 6.07) is 7.75. The van der Waals surface area contributed by atoms with E-state index in [9.17, 15) is 4.79 Å². The summed E-state index contributed by atoms with van der Waals surface area (Å²) < 4.78 is 2.26. The zero-order valence-electron chi connectivity index (χ0n) is 18.0. The first-order valence-electron chi connectivity index (χ1n) is 10.9. The van der Waals surface area contributed by atoms with E-state index in [0.717, 1.165) is 75.5 Å². The molecule has 1 aromatic carbocycles. The van der Waals surface area contributed by atoms with Gasteiger partial charge in [-0.05, 0) is 69.6 Å². The maximum absolute atomic E-state index is 13.3. The summed E-state index contributed by atoms with van der Waals surface area (Å²) in [5, 5.41) is 0.709. The van der Waals surface area contributed by atoms with Crippen molar-refractivity contribution in [3.05, 3.63) is 40.7 Å². The Labute approximate surface area is 179 Å². The molecule has 0 bridgehead atoms. The van der Waals surface area contributed by atoms with Crippen LogP contribution in [-0.4, -0.2) is 58.5 Å². The molecule has 29 heavy (non-hydrogen) atoms. The Hall–Kier alpha value is -1.85. The molecule has 1 aromatic heterocycles. The summed E-state index contributed by atoms with van der Waals surface area (Å²) >= 11 is 6.07. The second-order valence-corrected chi connectivity index (χ2v) is 8.24. The number of rotatable bonds is 8. The van der Waals surface area contributed by atoms with Gasteiger partial charge in [0.1, 0.15) is 11.5 Å². The lowest BCUT2D eigenvalue weighted by atomic mass is 10.1. The number of imidazole rings is 1. The topological polar surface area (TPSA) is 41.4 Å². The first kappa shape index (κ1) is 21.8. The molecule has 0 saturated carbocycles. The van der Waals surface area contributed by atoms with Crippen LogP contribution in [0.4, 0.5) is 0 Å². The Morgan fingerprint density at radius 3 is 2.52 bits per heavy atom. The van der Waals surface area contributed by atoms with Crippen molar-refractivity contribution in [2.75, 3.05) is 33.2 Å². The molecule has 0 spiro atoms. The number of carbonyl (C=O) groups excluding carboxylic acids is 1. The number of carbonyl (C=O) groups is 1. The van der Waals surface area contributed by atoms with Crippen molar-refractivity contribution < 1.29 is 4.79 Å². The van der Waals surface area contributed by atoms with Crippen molar-refractivity contribution in [2.45, 2.75) is 52.5 Å². The molecule has 0 saturated heterocycles. The molecule has 0 fully saturated rings. The van der Waals surface area contributed by atoms with Crippen molar-refractivity contribution in [2.24, 2.45) is 0 Å². The van der Waals surface area contributed by atoms with Gasteiger partial charge in [-0.25, -0.2) is 4.98 Å². The fourth-order valence-corrected chi connectivity index (χ4v) is 4.19. The van der Waals surface area contributed by atoms with E-state index in [1.54, 1.807) is 0 Å². The standard InChI is InChI=1S/C23H33ClN4O/c1-4-27(5-2)16-9-15-26(3)23(29)21-20-10-7-6-8-17-28(20)22(25-21)18-11-13-19(24)14-12-18/h11-14H,4-10,15-17H2,1-3H3. The molecule has 158 valence electrons. The normalized spacial score (nSPS) is 14.0. The van der Waals surface area contributed by atoms with Crippen LogP contribution >= 0.6 is 11.6 Å². The molecule has 0 unspecified atom stereocenters. The third-order valence-corrected chi connectivity index (χ3v) is 6.13. The van der Waals surface area contributed by atoms with E-state index in [-0.39, 0.29) is 5.91 Å². The van der Waals surface area contributed by atoms with Crippen molar-refractivity contribution in [1.82, 2.24) is 19.4 Å². The van der Waals surface area contributed by atoms with E-state index in [2.05, 4.69) is 23.3 Å². The van der Waals surface area contributed by atoms with Gasteiger partial charge in [-0.3, -0.25) is 4.79 Å². The Morgan fingerprint density at radius 2 is 1.83 bits per heavy atom. The molecule has 0 radical (unpaired) electrons. The number of amides is 1. The highest BCUT2D eigenvalue weighted by molar-refractivity contribution is 6.30.